The summed E-state index contributed by atoms with van der Waals surface area (Å²) in [5.74, 6) is 1.88. The van der Waals surface area contributed by atoms with Crippen LogP contribution in [0.2, 0.25) is 0 Å². The lowest BCUT2D eigenvalue weighted by atomic mass is 10.1. The molecule has 3 N–H and O–H groups in total. The van der Waals surface area contributed by atoms with Gasteiger partial charge in [0.2, 0.25) is 5.88 Å². The molecule has 0 spiro atoms. The largest absolute Gasteiger partial charge is 0.497 e. The average Bonchev–Trinajstić information content (AvgIpc) is 3.38. The Kier molecular flexibility index (Phi) is 5.27. The van der Waals surface area contributed by atoms with E-state index in [1.807, 2.05) is 24.3 Å². The van der Waals surface area contributed by atoms with Gasteiger partial charge in [0.25, 0.3) is 5.91 Å². The first-order valence-electron chi connectivity index (χ1n) is 9.28. The van der Waals surface area contributed by atoms with Crippen molar-refractivity contribution in [3.8, 4) is 11.6 Å². The zero-order valence-corrected chi connectivity index (χ0v) is 15.9. The number of hydrogen-bond donors (Lipinski definition) is 3. The lowest BCUT2D eigenvalue weighted by Gasteiger charge is -2.19. The zero-order chi connectivity index (χ0) is 19.5. The van der Waals surface area contributed by atoms with Crippen LogP contribution in [-0.4, -0.2) is 55.8 Å². The van der Waals surface area contributed by atoms with Crippen molar-refractivity contribution in [3.63, 3.8) is 0 Å². The number of amides is 1. The second-order valence-corrected chi connectivity index (χ2v) is 6.79. The quantitative estimate of drug-likeness (QED) is 0.676. The number of ether oxygens (including phenoxy) is 2. The van der Waals surface area contributed by atoms with Crippen LogP contribution in [0.1, 0.15) is 18.0 Å². The number of nitrogens with one attached hydrogen (secondary N) is 3. The summed E-state index contributed by atoms with van der Waals surface area (Å²) in [6.07, 6.45) is 2.33. The summed E-state index contributed by atoms with van der Waals surface area (Å²) in [4.78, 5) is 23.7. The molecule has 0 aliphatic carbocycles. The molecule has 2 aliphatic heterocycles. The van der Waals surface area contributed by atoms with E-state index >= 15 is 0 Å². The van der Waals surface area contributed by atoms with Gasteiger partial charge in [-0.05, 0) is 18.6 Å². The van der Waals surface area contributed by atoms with Crippen molar-refractivity contribution in [1.82, 2.24) is 20.8 Å². The first-order chi connectivity index (χ1) is 13.7. The number of methoxy groups -OCH3 is 2. The van der Waals surface area contributed by atoms with Crippen molar-refractivity contribution in [2.45, 2.75) is 18.4 Å². The number of aromatic nitrogens is 2. The summed E-state index contributed by atoms with van der Waals surface area (Å²) in [6, 6.07) is 7.23. The number of anilines is 2. The minimum atomic E-state index is -0.317. The van der Waals surface area contributed by atoms with Crippen LogP contribution in [0.15, 0.2) is 30.5 Å². The molecule has 1 aromatic heterocycles. The molecule has 0 radical (unpaired) electrons. The van der Waals surface area contributed by atoms with Gasteiger partial charge in [-0.2, -0.15) is 4.98 Å². The van der Waals surface area contributed by atoms with Crippen molar-refractivity contribution < 1.29 is 14.3 Å². The number of hydrogen-bond acceptors (Lipinski definition) is 8. The Morgan fingerprint density at radius 2 is 2.04 bits per heavy atom. The number of benzene rings is 1. The van der Waals surface area contributed by atoms with Gasteiger partial charge in [0.1, 0.15) is 17.5 Å². The van der Waals surface area contributed by atoms with Crippen LogP contribution in [0.3, 0.4) is 0 Å². The first kappa shape index (κ1) is 18.5. The molecule has 2 saturated heterocycles. The second-order valence-electron chi connectivity index (χ2n) is 6.79. The molecule has 0 bridgehead atoms. The molecule has 148 valence electrons. The van der Waals surface area contributed by atoms with Crippen LogP contribution < -0.4 is 30.5 Å². The Labute approximate surface area is 163 Å². The van der Waals surface area contributed by atoms with Crippen molar-refractivity contribution >= 4 is 17.4 Å². The third-order valence-corrected chi connectivity index (χ3v) is 5.05. The summed E-state index contributed by atoms with van der Waals surface area (Å²) in [5, 5.41) is 3.28. The molecular weight excluding hydrogens is 360 g/mol. The molecule has 9 heteroatoms. The number of nitrogens with zero attached hydrogens (tertiary/aromatic N) is 3. The summed E-state index contributed by atoms with van der Waals surface area (Å²) in [7, 11) is 3.20. The van der Waals surface area contributed by atoms with E-state index < -0.39 is 0 Å². The van der Waals surface area contributed by atoms with Crippen LogP contribution in [0.5, 0.6) is 11.6 Å². The van der Waals surface area contributed by atoms with E-state index in [1.165, 1.54) is 0 Å². The van der Waals surface area contributed by atoms with Gasteiger partial charge >= 0.3 is 0 Å². The van der Waals surface area contributed by atoms with Crippen molar-refractivity contribution in [2.75, 3.05) is 44.1 Å². The summed E-state index contributed by atoms with van der Waals surface area (Å²) < 4.78 is 10.7. The van der Waals surface area contributed by atoms with Crippen LogP contribution in [-0.2, 0) is 4.79 Å². The van der Waals surface area contributed by atoms with E-state index in [0.29, 0.717) is 24.7 Å². The van der Waals surface area contributed by atoms with Gasteiger partial charge in [-0.1, -0.05) is 6.07 Å². The molecule has 9 nitrogen and oxygen atoms in total. The van der Waals surface area contributed by atoms with E-state index in [2.05, 4.69) is 26.1 Å². The fourth-order valence-corrected chi connectivity index (χ4v) is 3.54. The van der Waals surface area contributed by atoms with Crippen molar-refractivity contribution in [1.29, 1.82) is 0 Å². The Morgan fingerprint density at radius 3 is 2.79 bits per heavy atom. The van der Waals surface area contributed by atoms with Crippen LogP contribution in [0.25, 0.3) is 0 Å². The molecule has 1 aromatic carbocycles. The fraction of sp³-hybridized carbons (Fsp3) is 0.421. The Balaban J connectivity index is 1.49. The lowest BCUT2D eigenvalue weighted by molar-refractivity contribution is -0.117. The van der Waals surface area contributed by atoms with Gasteiger partial charge in [-0.15, -0.1) is 0 Å². The van der Waals surface area contributed by atoms with Crippen LogP contribution in [0.4, 0.5) is 11.5 Å². The minimum Gasteiger partial charge on any atom is -0.497 e. The third-order valence-electron chi connectivity index (χ3n) is 5.05. The highest BCUT2D eigenvalue weighted by Crippen LogP contribution is 2.28. The Morgan fingerprint density at radius 1 is 1.21 bits per heavy atom. The van der Waals surface area contributed by atoms with Gasteiger partial charge in [-0.3, -0.25) is 25.5 Å². The number of carbonyl (C=O) groups excluding carboxylic acids is 1. The van der Waals surface area contributed by atoms with E-state index in [-0.39, 0.29) is 17.9 Å². The Hall–Kier alpha value is -2.91. The maximum Gasteiger partial charge on any atom is 0.250 e. The fourth-order valence-electron chi connectivity index (χ4n) is 3.54. The molecule has 4 rings (SSSR count). The smallest absolute Gasteiger partial charge is 0.250 e. The van der Waals surface area contributed by atoms with Crippen molar-refractivity contribution in [3.05, 3.63) is 36.2 Å². The van der Waals surface area contributed by atoms with E-state index in [9.17, 15) is 4.79 Å². The normalized spacial score (nSPS) is 19.9. The molecule has 28 heavy (non-hydrogen) atoms. The van der Waals surface area contributed by atoms with Gasteiger partial charge in [-0.25, -0.2) is 0 Å². The van der Waals surface area contributed by atoms with Gasteiger partial charge < -0.3 is 14.8 Å². The molecule has 2 aliphatic rings. The van der Waals surface area contributed by atoms with Crippen LogP contribution in [0, 0.1) is 0 Å². The standard InChI is InChI=1S/C19H24N6O3/c1-27-14-5-3-4-13(8-14)23-15-6-7-25(19(15)26)16-11-20-17(18(24-16)28-2)12-9-21-22-10-12/h3-5,8,11-12,15,21-23H,6-7,9-10H2,1-2H3. The average molecular weight is 384 g/mol. The SMILES string of the molecule is COc1cccc(NC2CCN(c3cnc(C4CNNC4)c(OC)n3)C2=O)c1. The minimum absolute atomic E-state index is 0.0314. The predicted octanol–water partition coefficient (Wildman–Crippen LogP) is 0.903. The summed E-state index contributed by atoms with van der Waals surface area (Å²) in [6.45, 7) is 2.10. The number of rotatable bonds is 6. The lowest BCUT2D eigenvalue weighted by Crippen LogP contribution is -2.34. The van der Waals surface area contributed by atoms with Gasteiger partial charge in [0, 0.05) is 37.3 Å². The van der Waals surface area contributed by atoms with Crippen LogP contribution >= 0.6 is 0 Å². The zero-order valence-electron chi connectivity index (χ0n) is 15.9. The monoisotopic (exact) mass is 384 g/mol. The summed E-state index contributed by atoms with van der Waals surface area (Å²) in [5.41, 5.74) is 7.80. The van der Waals surface area contributed by atoms with Gasteiger partial charge in [0.15, 0.2) is 5.82 Å². The predicted molar refractivity (Wildman–Crippen MR) is 105 cm³/mol. The molecule has 1 amide bonds. The molecular formula is C19H24N6O3. The van der Waals surface area contributed by atoms with Gasteiger partial charge in [0.05, 0.1) is 20.4 Å². The summed E-state index contributed by atoms with van der Waals surface area (Å²) >= 11 is 0. The molecule has 3 heterocycles. The second kappa shape index (κ2) is 7.99. The molecule has 2 fully saturated rings. The third kappa shape index (κ3) is 3.58. The topological polar surface area (TPSA) is 101 Å². The molecule has 2 aromatic rings. The van der Waals surface area contributed by atoms with E-state index in [1.54, 1.807) is 25.3 Å². The van der Waals surface area contributed by atoms with E-state index in [4.69, 9.17) is 9.47 Å². The molecule has 1 unspecified atom stereocenters. The van der Waals surface area contributed by atoms with E-state index in [0.717, 1.165) is 30.2 Å². The maximum absolute atomic E-state index is 12.9. The molecule has 1 atom stereocenters. The molecule has 0 saturated carbocycles. The highest BCUT2D eigenvalue weighted by molar-refractivity contribution is 6.00. The highest BCUT2D eigenvalue weighted by Gasteiger charge is 2.34. The maximum atomic E-state index is 12.9. The number of carbonyl (C=O) groups is 1. The number of hydrazine groups is 1. The first-order valence-corrected chi connectivity index (χ1v) is 9.28. The highest BCUT2D eigenvalue weighted by atomic mass is 16.5. The Bertz CT molecular complexity index is 855. The van der Waals surface area contributed by atoms with Crippen molar-refractivity contribution in [2.24, 2.45) is 0 Å².